The van der Waals surface area contributed by atoms with E-state index in [0.717, 1.165) is 41.7 Å². The molecule has 2 aromatic rings. The number of nitrogens with one attached hydrogen (secondary N) is 1. The van der Waals surface area contributed by atoms with Gasteiger partial charge in [-0.3, -0.25) is 14.5 Å². The fourth-order valence-electron chi connectivity index (χ4n) is 3.68. The van der Waals surface area contributed by atoms with Crippen LogP contribution in [0.1, 0.15) is 56.5 Å². The lowest BCUT2D eigenvalue weighted by molar-refractivity contribution is -0.121. The Morgan fingerprint density at radius 3 is 2.59 bits per heavy atom. The van der Waals surface area contributed by atoms with Crippen molar-refractivity contribution in [1.29, 1.82) is 0 Å². The average molecular weight is 487 g/mol. The quantitative estimate of drug-likeness (QED) is 0.369. The van der Waals surface area contributed by atoms with E-state index in [1.807, 2.05) is 0 Å². The number of benzene rings is 1. The van der Waals surface area contributed by atoms with Crippen LogP contribution in [0.15, 0.2) is 29.2 Å². The summed E-state index contributed by atoms with van der Waals surface area (Å²) in [5.74, 6) is -0.804. The lowest BCUT2D eigenvalue weighted by atomic mass is 9.95. The van der Waals surface area contributed by atoms with E-state index in [9.17, 15) is 14.4 Å². The Hall–Kier alpha value is -2.49. The number of hydrogen-bond acceptors (Lipinski definition) is 7. The van der Waals surface area contributed by atoms with Gasteiger partial charge in [0.15, 0.2) is 0 Å². The Bertz CT molecular complexity index is 1130. The highest BCUT2D eigenvalue weighted by atomic mass is 32.2. The van der Waals surface area contributed by atoms with Gasteiger partial charge in [0, 0.05) is 17.5 Å². The highest BCUT2D eigenvalue weighted by Gasteiger charge is 2.29. The summed E-state index contributed by atoms with van der Waals surface area (Å²) in [4.78, 5) is 40.8. The van der Waals surface area contributed by atoms with Gasteiger partial charge in [-0.25, -0.2) is 4.79 Å². The molecule has 0 radical (unpaired) electrons. The molecule has 1 aromatic heterocycles. The summed E-state index contributed by atoms with van der Waals surface area (Å²) in [6.45, 7) is 2.06. The highest BCUT2D eigenvalue weighted by molar-refractivity contribution is 8.26. The number of carbonyl (C=O) groups excluding carboxylic acids is 3. The van der Waals surface area contributed by atoms with E-state index in [0.29, 0.717) is 25.4 Å². The molecule has 0 saturated carbocycles. The average Bonchev–Trinajstić information content (AvgIpc) is 3.26. The molecule has 2 amide bonds. The standard InChI is InChI=1S/C23H22N2O4S3/c1-3-29-22(28)18-15-6-4-5-7-16(15)31-20(18)24-19(26)14-10-8-13(9-11-14)12-17-21(27)25(2)23(30)32-17/h8-12H,3-7H2,1-2H3,(H,24,26). The maximum Gasteiger partial charge on any atom is 0.341 e. The van der Waals surface area contributed by atoms with Crippen molar-refractivity contribution >= 4 is 68.5 Å². The Morgan fingerprint density at radius 1 is 1.22 bits per heavy atom. The van der Waals surface area contributed by atoms with Crippen LogP contribution in [0.4, 0.5) is 5.00 Å². The molecule has 166 valence electrons. The van der Waals surface area contributed by atoms with Gasteiger partial charge in [0.1, 0.15) is 9.32 Å². The molecular formula is C23H22N2O4S3. The predicted molar refractivity (Wildman–Crippen MR) is 132 cm³/mol. The van der Waals surface area contributed by atoms with Crippen LogP contribution in [0.3, 0.4) is 0 Å². The smallest absolute Gasteiger partial charge is 0.341 e. The van der Waals surface area contributed by atoms with E-state index in [1.165, 1.54) is 28.0 Å². The normalized spacial score (nSPS) is 16.9. The van der Waals surface area contributed by atoms with Crippen molar-refractivity contribution in [2.75, 3.05) is 19.0 Å². The number of esters is 1. The van der Waals surface area contributed by atoms with Crippen LogP contribution in [0, 0.1) is 0 Å². The first-order valence-electron chi connectivity index (χ1n) is 10.3. The first-order chi connectivity index (χ1) is 15.4. The lowest BCUT2D eigenvalue weighted by Gasteiger charge is -2.12. The van der Waals surface area contributed by atoms with E-state index in [4.69, 9.17) is 17.0 Å². The van der Waals surface area contributed by atoms with Crippen molar-refractivity contribution < 1.29 is 19.1 Å². The number of anilines is 1. The molecule has 0 bridgehead atoms. The van der Waals surface area contributed by atoms with Crippen LogP contribution in [-0.2, 0) is 22.4 Å². The van der Waals surface area contributed by atoms with Crippen LogP contribution < -0.4 is 5.32 Å². The molecule has 2 heterocycles. The zero-order chi connectivity index (χ0) is 22.8. The van der Waals surface area contributed by atoms with Crippen molar-refractivity contribution in [3.63, 3.8) is 0 Å². The number of fused-ring (bicyclic) bond motifs is 1. The largest absolute Gasteiger partial charge is 0.462 e. The fourth-order valence-corrected chi connectivity index (χ4v) is 6.13. The van der Waals surface area contributed by atoms with Crippen molar-refractivity contribution in [2.45, 2.75) is 32.6 Å². The number of thiocarbonyl (C=S) groups is 1. The lowest BCUT2D eigenvalue weighted by Crippen LogP contribution is -2.22. The van der Waals surface area contributed by atoms with Gasteiger partial charge in [-0.2, -0.15) is 0 Å². The number of thiophene rings is 1. The molecule has 6 nitrogen and oxygen atoms in total. The number of hydrogen-bond donors (Lipinski definition) is 1. The molecule has 1 N–H and O–H groups in total. The van der Waals surface area contributed by atoms with E-state index in [-0.39, 0.29) is 24.4 Å². The van der Waals surface area contributed by atoms with Gasteiger partial charge in [0.25, 0.3) is 11.8 Å². The topological polar surface area (TPSA) is 75.7 Å². The van der Waals surface area contributed by atoms with Crippen LogP contribution >= 0.6 is 35.3 Å². The third kappa shape index (κ3) is 4.51. The van der Waals surface area contributed by atoms with Crippen molar-refractivity contribution in [1.82, 2.24) is 4.90 Å². The first-order valence-corrected chi connectivity index (χ1v) is 12.4. The zero-order valence-corrected chi connectivity index (χ0v) is 20.2. The van der Waals surface area contributed by atoms with Crippen LogP contribution in [-0.4, -0.2) is 40.7 Å². The minimum atomic E-state index is -0.384. The number of thioether (sulfide) groups is 1. The van der Waals surface area contributed by atoms with Crippen LogP contribution in [0.25, 0.3) is 6.08 Å². The Morgan fingerprint density at radius 2 is 1.94 bits per heavy atom. The first kappa shape index (κ1) is 22.7. The van der Waals surface area contributed by atoms with Crippen molar-refractivity contribution in [3.05, 3.63) is 56.3 Å². The third-order valence-corrected chi connectivity index (χ3v) is 8.03. The number of ether oxygens (including phenoxy) is 1. The Kier molecular flexibility index (Phi) is 6.78. The molecule has 0 atom stereocenters. The molecule has 1 aliphatic carbocycles. The summed E-state index contributed by atoms with van der Waals surface area (Å²) in [6.07, 6.45) is 5.62. The second-order valence-electron chi connectivity index (χ2n) is 7.45. The molecule has 4 rings (SSSR count). The number of carbonyl (C=O) groups is 3. The summed E-state index contributed by atoms with van der Waals surface area (Å²) in [5, 5.41) is 3.47. The van der Waals surface area contributed by atoms with Crippen LogP contribution in [0.5, 0.6) is 0 Å². The summed E-state index contributed by atoms with van der Waals surface area (Å²) in [5.41, 5.74) is 2.78. The second kappa shape index (κ2) is 9.56. The second-order valence-corrected chi connectivity index (χ2v) is 10.2. The van der Waals surface area contributed by atoms with E-state index in [2.05, 4.69) is 5.32 Å². The third-order valence-electron chi connectivity index (χ3n) is 5.34. The highest BCUT2D eigenvalue weighted by Crippen LogP contribution is 2.39. The fraction of sp³-hybridized carbons (Fsp3) is 0.304. The van der Waals surface area contributed by atoms with Gasteiger partial charge >= 0.3 is 5.97 Å². The van der Waals surface area contributed by atoms with Gasteiger partial charge in [-0.1, -0.05) is 36.1 Å². The van der Waals surface area contributed by atoms with Crippen molar-refractivity contribution in [3.8, 4) is 0 Å². The number of rotatable bonds is 5. The number of aryl methyl sites for hydroxylation is 1. The summed E-state index contributed by atoms with van der Waals surface area (Å²) >= 11 is 7.87. The molecule has 0 unspecified atom stereocenters. The maximum absolute atomic E-state index is 12.9. The van der Waals surface area contributed by atoms with E-state index in [1.54, 1.807) is 44.3 Å². The Balaban J connectivity index is 1.54. The monoisotopic (exact) mass is 486 g/mol. The van der Waals surface area contributed by atoms with Gasteiger partial charge in [-0.05, 0) is 61.9 Å². The molecule has 0 spiro atoms. The maximum atomic E-state index is 12.9. The van der Waals surface area contributed by atoms with Gasteiger partial charge in [0.05, 0.1) is 17.1 Å². The molecule has 2 aliphatic rings. The summed E-state index contributed by atoms with van der Waals surface area (Å²) in [7, 11) is 1.65. The SMILES string of the molecule is CCOC(=O)c1c(NC(=O)c2ccc(C=C3SC(=S)N(C)C3=O)cc2)sc2c1CCCC2. The molecule has 9 heteroatoms. The summed E-state index contributed by atoms with van der Waals surface area (Å²) < 4.78 is 5.77. The molecular weight excluding hydrogens is 464 g/mol. The Labute approximate surface area is 200 Å². The molecule has 1 aromatic carbocycles. The van der Waals surface area contributed by atoms with Crippen LogP contribution in [0.2, 0.25) is 0 Å². The zero-order valence-electron chi connectivity index (χ0n) is 17.7. The number of likely N-dealkylation sites (N-methyl/N-ethyl adjacent to an activating group) is 1. The number of nitrogens with zero attached hydrogens (tertiary/aromatic N) is 1. The van der Waals surface area contributed by atoms with E-state index >= 15 is 0 Å². The number of amides is 2. The molecule has 1 fully saturated rings. The molecule has 1 aliphatic heterocycles. The predicted octanol–water partition coefficient (Wildman–Crippen LogP) is 4.89. The van der Waals surface area contributed by atoms with E-state index < -0.39 is 0 Å². The minimum absolute atomic E-state index is 0.130. The molecule has 32 heavy (non-hydrogen) atoms. The summed E-state index contributed by atoms with van der Waals surface area (Å²) in [6, 6.07) is 6.96. The van der Waals surface area contributed by atoms with Gasteiger partial charge in [0.2, 0.25) is 0 Å². The van der Waals surface area contributed by atoms with Gasteiger partial charge in [-0.15, -0.1) is 11.3 Å². The van der Waals surface area contributed by atoms with Crippen molar-refractivity contribution in [2.24, 2.45) is 0 Å². The molecule has 1 saturated heterocycles. The van der Waals surface area contributed by atoms with Gasteiger partial charge < -0.3 is 10.1 Å². The minimum Gasteiger partial charge on any atom is -0.462 e.